The first-order chi connectivity index (χ1) is 11.7. The Kier molecular flexibility index (Phi) is 6.22. The summed E-state index contributed by atoms with van der Waals surface area (Å²) in [5, 5.41) is 2.50. The smallest absolute Gasteiger partial charge is 0.410 e. The number of alkyl carbamates (subject to hydrolysis) is 1. The molecule has 0 unspecified atom stereocenters. The molecule has 0 aromatic heterocycles. The van der Waals surface area contributed by atoms with Crippen molar-refractivity contribution in [2.45, 2.75) is 51.6 Å². The fourth-order valence-corrected chi connectivity index (χ4v) is 2.49. The van der Waals surface area contributed by atoms with Crippen LogP contribution < -0.4 is 5.32 Å². The normalized spacial score (nSPS) is 20.7. The molecule has 2 atom stereocenters. The van der Waals surface area contributed by atoms with E-state index in [1.807, 2.05) is 30.3 Å². The summed E-state index contributed by atoms with van der Waals surface area (Å²) in [7, 11) is 0. The monoisotopic (exact) mass is 352 g/mol. The summed E-state index contributed by atoms with van der Waals surface area (Å²) >= 11 is 0. The number of amides is 2. The molecule has 25 heavy (non-hydrogen) atoms. The van der Waals surface area contributed by atoms with Crippen LogP contribution in [-0.2, 0) is 16.1 Å². The number of likely N-dealkylation sites (tertiary alicyclic amines) is 1. The Balaban J connectivity index is 1.86. The number of carbonyl (C=O) groups excluding carboxylic acids is 2. The summed E-state index contributed by atoms with van der Waals surface area (Å²) in [6, 6.07) is 8.50. The lowest BCUT2D eigenvalue weighted by Gasteiger charge is -2.35. The zero-order valence-corrected chi connectivity index (χ0v) is 14.8. The molecule has 138 valence electrons. The Hall–Kier alpha value is -2.31. The maximum absolute atomic E-state index is 14.1. The first-order valence-corrected chi connectivity index (χ1v) is 8.34. The van der Waals surface area contributed by atoms with Crippen LogP contribution in [0.2, 0.25) is 0 Å². The molecule has 1 aliphatic rings. The molecule has 0 radical (unpaired) electrons. The molecule has 1 N–H and O–H groups in total. The average Bonchev–Trinajstić information content (AvgIpc) is 2.54. The molecule has 2 amide bonds. The quantitative estimate of drug-likeness (QED) is 0.907. The van der Waals surface area contributed by atoms with Gasteiger partial charge in [0.15, 0.2) is 0 Å². The van der Waals surface area contributed by atoms with Crippen LogP contribution >= 0.6 is 0 Å². The van der Waals surface area contributed by atoms with Gasteiger partial charge in [-0.25, -0.2) is 14.0 Å². The molecule has 1 fully saturated rings. The van der Waals surface area contributed by atoms with Crippen LogP contribution in [0.5, 0.6) is 0 Å². The van der Waals surface area contributed by atoms with Gasteiger partial charge in [0.25, 0.3) is 0 Å². The molecule has 7 heteroatoms. The number of ether oxygens (including phenoxy) is 2. The van der Waals surface area contributed by atoms with Crippen LogP contribution in [0.3, 0.4) is 0 Å². The maximum Gasteiger partial charge on any atom is 0.410 e. The molecule has 1 heterocycles. The predicted molar refractivity (Wildman–Crippen MR) is 90.9 cm³/mol. The highest BCUT2D eigenvalue weighted by atomic mass is 19.1. The van der Waals surface area contributed by atoms with Gasteiger partial charge in [0.05, 0.1) is 6.04 Å². The van der Waals surface area contributed by atoms with E-state index in [-0.39, 0.29) is 26.1 Å². The Labute approximate surface area is 147 Å². The lowest BCUT2D eigenvalue weighted by atomic mass is 10.0. The van der Waals surface area contributed by atoms with Crippen LogP contribution in [0.1, 0.15) is 32.8 Å². The summed E-state index contributed by atoms with van der Waals surface area (Å²) in [5.74, 6) is 0. The second-order valence-corrected chi connectivity index (χ2v) is 7.04. The molecule has 1 aromatic carbocycles. The molecule has 0 aliphatic carbocycles. The number of hydrogen-bond acceptors (Lipinski definition) is 4. The van der Waals surface area contributed by atoms with E-state index in [1.165, 1.54) is 4.90 Å². The highest BCUT2D eigenvalue weighted by Crippen LogP contribution is 2.17. The van der Waals surface area contributed by atoms with Gasteiger partial charge in [-0.2, -0.15) is 0 Å². The Morgan fingerprint density at radius 1 is 1.28 bits per heavy atom. The summed E-state index contributed by atoms with van der Waals surface area (Å²) in [6.45, 7) is 5.64. The first kappa shape index (κ1) is 19.0. The molecule has 1 saturated heterocycles. The number of hydrogen-bond donors (Lipinski definition) is 1. The van der Waals surface area contributed by atoms with Gasteiger partial charge in [0.1, 0.15) is 18.4 Å². The Bertz CT molecular complexity index is 588. The van der Waals surface area contributed by atoms with Gasteiger partial charge in [-0.05, 0) is 32.8 Å². The SMILES string of the molecule is CC(C)(C)OC(=O)N[C@H]1CN(C(=O)OCc2ccccc2)CC[C@H]1F. The first-order valence-electron chi connectivity index (χ1n) is 8.34. The summed E-state index contributed by atoms with van der Waals surface area (Å²) < 4.78 is 24.5. The van der Waals surface area contributed by atoms with Crippen molar-refractivity contribution in [2.24, 2.45) is 0 Å². The van der Waals surface area contributed by atoms with Crippen LogP contribution in [0.4, 0.5) is 14.0 Å². The van der Waals surface area contributed by atoms with Gasteiger partial charge >= 0.3 is 12.2 Å². The summed E-state index contributed by atoms with van der Waals surface area (Å²) in [4.78, 5) is 25.4. The standard InChI is InChI=1S/C18H25FN2O4/c1-18(2,3)25-16(22)20-15-11-21(10-9-14(15)19)17(23)24-12-13-7-5-4-6-8-13/h4-8,14-15H,9-12H2,1-3H3,(H,20,22)/t14-,15+/m1/s1. The molecule has 1 aliphatic heterocycles. The average molecular weight is 352 g/mol. The van der Waals surface area contributed by atoms with Crippen molar-refractivity contribution < 1.29 is 23.5 Å². The third kappa shape index (κ3) is 6.25. The van der Waals surface area contributed by atoms with Gasteiger partial charge in [-0.15, -0.1) is 0 Å². The number of benzene rings is 1. The molecular weight excluding hydrogens is 327 g/mol. The van der Waals surface area contributed by atoms with E-state index in [0.29, 0.717) is 0 Å². The second kappa shape index (κ2) is 8.18. The van der Waals surface area contributed by atoms with E-state index >= 15 is 0 Å². The topological polar surface area (TPSA) is 67.9 Å². The van der Waals surface area contributed by atoms with Crippen molar-refractivity contribution in [1.82, 2.24) is 10.2 Å². The van der Waals surface area contributed by atoms with E-state index in [0.717, 1.165) is 5.56 Å². The van der Waals surface area contributed by atoms with Gasteiger partial charge in [0.2, 0.25) is 0 Å². The molecule has 0 spiro atoms. The third-order valence-corrected chi connectivity index (χ3v) is 3.69. The Morgan fingerprint density at radius 2 is 1.96 bits per heavy atom. The number of alkyl halides is 1. The number of rotatable bonds is 3. The lowest BCUT2D eigenvalue weighted by Crippen LogP contribution is -2.55. The van der Waals surface area contributed by atoms with Crippen molar-refractivity contribution >= 4 is 12.2 Å². The van der Waals surface area contributed by atoms with Crippen molar-refractivity contribution in [2.75, 3.05) is 13.1 Å². The predicted octanol–water partition coefficient (Wildman–Crippen LogP) is 3.26. The van der Waals surface area contributed by atoms with Crippen molar-refractivity contribution in [3.8, 4) is 0 Å². The van der Waals surface area contributed by atoms with E-state index in [4.69, 9.17) is 9.47 Å². The lowest BCUT2D eigenvalue weighted by molar-refractivity contribution is 0.0353. The molecule has 1 aromatic rings. The minimum absolute atomic E-state index is 0.0496. The zero-order chi connectivity index (χ0) is 18.4. The number of piperidine rings is 1. The fraction of sp³-hybridized carbons (Fsp3) is 0.556. The van der Waals surface area contributed by atoms with E-state index in [1.54, 1.807) is 20.8 Å². The number of halogens is 1. The number of nitrogens with one attached hydrogen (secondary N) is 1. The number of carbonyl (C=O) groups is 2. The van der Waals surface area contributed by atoms with Crippen LogP contribution in [0.15, 0.2) is 30.3 Å². The highest BCUT2D eigenvalue weighted by Gasteiger charge is 2.34. The van der Waals surface area contributed by atoms with Crippen molar-refractivity contribution in [3.05, 3.63) is 35.9 Å². The minimum atomic E-state index is -1.23. The van der Waals surface area contributed by atoms with Gasteiger partial charge in [0, 0.05) is 13.1 Å². The van der Waals surface area contributed by atoms with Crippen LogP contribution in [0, 0.1) is 0 Å². The van der Waals surface area contributed by atoms with Gasteiger partial charge in [-0.3, -0.25) is 0 Å². The van der Waals surface area contributed by atoms with Gasteiger partial charge in [-0.1, -0.05) is 30.3 Å². The third-order valence-electron chi connectivity index (χ3n) is 3.69. The molecule has 0 bridgehead atoms. The van der Waals surface area contributed by atoms with E-state index < -0.39 is 30.0 Å². The maximum atomic E-state index is 14.1. The number of nitrogens with zero attached hydrogens (tertiary/aromatic N) is 1. The summed E-state index contributed by atoms with van der Waals surface area (Å²) in [6.07, 6.45) is -2.31. The Morgan fingerprint density at radius 3 is 2.60 bits per heavy atom. The van der Waals surface area contributed by atoms with Crippen LogP contribution in [-0.4, -0.2) is 48.0 Å². The highest BCUT2D eigenvalue weighted by molar-refractivity contribution is 5.70. The second-order valence-electron chi connectivity index (χ2n) is 7.04. The van der Waals surface area contributed by atoms with Crippen molar-refractivity contribution in [1.29, 1.82) is 0 Å². The largest absolute Gasteiger partial charge is 0.445 e. The van der Waals surface area contributed by atoms with E-state index in [9.17, 15) is 14.0 Å². The molecule has 2 rings (SSSR count). The molecular formula is C18H25FN2O4. The van der Waals surface area contributed by atoms with Gasteiger partial charge < -0.3 is 19.7 Å². The van der Waals surface area contributed by atoms with Crippen molar-refractivity contribution in [3.63, 3.8) is 0 Å². The van der Waals surface area contributed by atoms with E-state index in [2.05, 4.69) is 5.32 Å². The minimum Gasteiger partial charge on any atom is -0.445 e. The fourth-order valence-electron chi connectivity index (χ4n) is 2.49. The van der Waals surface area contributed by atoms with Crippen LogP contribution in [0.25, 0.3) is 0 Å². The molecule has 0 saturated carbocycles. The molecule has 6 nitrogen and oxygen atoms in total. The summed E-state index contributed by atoms with van der Waals surface area (Å²) in [5.41, 5.74) is 0.207. The zero-order valence-electron chi connectivity index (χ0n) is 14.8.